The van der Waals surface area contributed by atoms with Gasteiger partial charge in [0.05, 0.1) is 11.6 Å². The molecule has 1 aromatic rings. The maximum absolute atomic E-state index is 11.9. The fourth-order valence-corrected chi connectivity index (χ4v) is 2.24. The van der Waals surface area contributed by atoms with Crippen molar-refractivity contribution >= 4 is 17.9 Å². The first-order valence-electron chi connectivity index (χ1n) is 7.37. The van der Waals surface area contributed by atoms with E-state index in [4.69, 9.17) is 0 Å². The lowest BCUT2D eigenvalue weighted by atomic mass is 9.91. The Morgan fingerprint density at radius 1 is 1.38 bits per heavy atom. The molecule has 0 radical (unpaired) electrons. The van der Waals surface area contributed by atoms with Gasteiger partial charge in [-0.1, -0.05) is 45.6 Å². The van der Waals surface area contributed by atoms with E-state index in [2.05, 4.69) is 22.1 Å². The zero-order valence-corrected chi connectivity index (χ0v) is 12.9. The van der Waals surface area contributed by atoms with Gasteiger partial charge in [-0.25, -0.2) is 0 Å². The highest BCUT2D eigenvalue weighted by molar-refractivity contribution is 6.01. The standard InChI is InChI=1S/C14H17N3O2.C2H6/c1-3-5-6-9-11(4-2)16-17-13(9)10-7-8-12(18)15-14(10)19;1-2/h3,5-6,10H,1,4,7-8H2,2H3,(H,16,17)(H,15,18,19);1-2H3/b6-5-;. The van der Waals surface area contributed by atoms with Crippen molar-refractivity contribution < 1.29 is 9.59 Å². The van der Waals surface area contributed by atoms with Crippen LogP contribution in [0.2, 0.25) is 0 Å². The van der Waals surface area contributed by atoms with E-state index in [1.165, 1.54) is 0 Å². The molecule has 2 rings (SSSR count). The predicted octanol–water partition coefficient (Wildman–Crippen LogP) is 2.72. The molecule has 1 aromatic heterocycles. The van der Waals surface area contributed by atoms with Crippen molar-refractivity contribution in [1.29, 1.82) is 0 Å². The van der Waals surface area contributed by atoms with Gasteiger partial charge in [0.2, 0.25) is 11.8 Å². The molecule has 1 aliphatic heterocycles. The second-order valence-corrected chi connectivity index (χ2v) is 4.45. The van der Waals surface area contributed by atoms with Crippen LogP contribution in [-0.2, 0) is 16.0 Å². The Kier molecular flexibility index (Phi) is 6.59. The molecular weight excluding hydrogens is 266 g/mol. The van der Waals surface area contributed by atoms with Gasteiger partial charge in [-0.05, 0) is 12.8 Å². The van der Waals surface area contributed by atoms with Gasteiger partial charge in [-0.3, -0.25) is 20.0 Å². The minimum Gasteiger partial charge on any atom is -0.296 e. The summed E-state index contributed by atoms with van der Waals surface area (Å²) < 4.78 is 0. The number of carbonyl (C=O) groups excluding carboxylic acids is 2. The molecule has 2 N–H and O–H groups in total. The highest BCUT2D eigenvalue weighted by Gasteiger charge is 2.31. The van der Waals surface area contributed by atoms with Crippen molar-refractivity contribution in [2.45, 2.75) is 46.0 Å². The number of hydrogen-bond donors (Lipinski definition) is 2. The maximum atomic E-state index is 11.9. The van der Waals surface area contributed by atoms with Crippen molar-refractivity contribution in [3.05, 3.63) is 35.7 Å². The monoisotopic (exact) mass is 289 g/mol. The summed E-state index contributed by atoms with van der Waals surface area (Å²) in [6, 6.07) is 0. The Labute approximate surface area is 125 Å². The van der Waals surface area contributed by atoms with Crippen LogP contribution >= 0.6 is 0 Å². The number of nitrogens with one attached hydrogen (secondary N) is 2. The van der Waals surface area contributed by atoms with E-state index in [0.29, 0.717) is 18.5 Å². The van der Waals surface area contributed by atoms with Crippen LogP contribution in [0.25, 0.3) is 6.08 Å². The summed E-state index contributed by atoms with van der Waals surface area (Å²) in [5.41, 5.74) is 2.62. The molecule has 0 spiro atoms. The summed E-state index contributed by atoms with van der Waals surface area (Å²) in [6.07, 6.45) is 7.06. The summed E-state index contributed by atoms with van der Waals surface area (Å²) in [4.78, 5) is 23.1. The quantitative estimate of drug-likeness (QED) is 0.661. The van der Waals surface area contributed by atoms with Gasteiger partial charge >= 0.3 is 0 Å². The number of piperidine rings is 1. The Bertz CT molecular complexity index is 544. The van der Waals surface area contributed by atoms with Crippen LogP contribution < -0.4 is 5.32 Å². The second-order valence-electron chi connectivity index (χ2n) is 4.45. The van der Waals surface area contributed by atoms with Crippen LogP contribution in [-0.4, -0.2) is 22.0 Å². The van der Waals surface area contributed by atoms with Crippen LogP contribution in [0.1, 0.15) is 56.5 Å². The maximum Gasteiger partial charge on any atom is 0.235 e. The predicted molar refractivity (Wildman–Crippen MR) is 83.7 cm³/mol. The lowest BCUT2D eigenvalue weighted by molar-refractivity contribution is -0.134. The topological polar surface area (TPSA) is 74.8 Å². The minimum absolute atomic E-state index is 0.212. The van der Waals surface area contributed by atoms with Crippen LogP contribution in [0.4, 0.5) is 0 Å². The minimum atomic E-state index is -0.362. The normalized spacial score (nSPS) is 18.1. The number of carbonyl (C=O) groups is 2. The van der Waals surface area contributed by atoms with E-state index in [-0.39, 0.29) is 17.7 Å². The molecule has 5 nitrogen and oxygen atoms in total. The smallest absolute Gasteiger partial charge is 0.235 e. The average molecular weight is 289 g/mol. The first-order valence-corrected chi connectivity index (χ1v) is 7.37. The van der Waals surface area contributed by atoms with Crippen LogP contribution in [0.3, 0.4) is 0 Å². The lowest BCUT2D eigenvalue weighted by Gasteiger charge is -2.19. The van der Waals surface area contributed by atoms with Gasteiger partial charge in [-0.15, -0.1) is 0 Å². The summed E-state index contributed by atoms with van der Waals surface area (Å²) in [6.45, 7) is 9.66. The number of rotatable bonds is 4. The Morgan fingerprint density at radius 2 is 2.10 bits per heavy atom. The summed E-state index contributed by atoms with van der Waals surface area (Å²) in [5, 5.41) is 9.58. The zero-order valence-electron chi connectivity index (χ0n) is 12.9. The number of hydrogen-bond acceptors (Lipinski definition) is 3. The van der Waals surface area contributed by atoms with Crippen molar-refractivity contribution in [1.82, 2.24) is 15.5 Å². The Hall–Kier alpha value is -2.17. The number of imide groups is 1. The molecular formula is C16H23N3O2. The molecule has 21 heavy (non-hydrogen) atoms. The molecule has 1 aliphatic rings. The van der Waals surface area contributed by atoms with Gasteiger partial charge in [0, 0.05) is 17.7 Å². The van der Waals surface area contributed by atoms with E-state index in [1.54, 1.807) is 6.08 Å². The van der Waals surface area contributed by atoms with Crippen molar-refractivity contribution in [3.8, 4) is 0 Å². The third-order valence-corrected chi connectivity index (χ3v) is 3.23. The van der Waals surface area contributed by atoms with Crippen LogP contribution in [0, 0.1) is 0 Å². The molecule has 0 saturated carbocycles. The molecule has 2 heterocycles. The fourth-order valence-electron chi connectivity index (χ4n) is 2.24. The van der Waals surface area contributed by atoms with Gasteiger partial charge in [-0.2, -0.15) is 5.10 Å². The highest BCUT2D eigenvalue weighted by Crippen LogP contribution is 2.28. The van der Waals surface area contributed by atoms with Gasteiger partial charge < -0.3 is 0 Å². The Morgan fingerprint density at radius 3 is 2.67 bits per heavy atom. The van der Waals surface area contributed by atoms with Gasteiger partial charge in [0.15, 0.2) is 0 Å². The average Bonchev–Trinajstić information content (AvgIpc) is 2.90. The second kappa shape index (κ2) is 8.19. The number of allylic oxidation sites excluding steroid dienone is 2. The lowest BCUT2D eigenvalue weighted by Crippen LogP contribution is -2.39. The molecule has 2 amide bonds. The first kappa shape index (κ1) is 16.9. The molecule has 0 aromatic carbocycles. The number of nitrogens with zero attached hydrogens (tertiary/aromatic N) is 1. The number of aromatic nitrogens is 2. The molecule has 5 heteroatoms. The number of aromatic amines is 1. The first-order chi connectivity index (χ1) is 10.2. The number of amides is 2. The Balaban J connectivity index is 0.00000106. The van der Waals surface area contributed by atoms with Crippen molar-refractivity contribution in [2.75, 3.05) is 0 Å². The molecule has 0 aliphatic carbocycles. The zero-order chi connectivity index (χ0) is 15.8. The van der Waals surface area contributed by atoms with E-state index in [0.717, 1.165) is 17.7 Å². The SMILES string of the molecule is C=C/C=C\c1c(C2CCC(=O)NC2=O)n[nH]c1CC.CC. The molecule has 1 fully saturated rings. The van der Waals surface area contributed by atoms with E-state index >= 15 is 0 Å². The van der Waals surface area contributed by atoms with Crippen molar-refractivity contribution in [2.24, 2.45) is 0 Å². The highest BCUT2D eigenvalue weighted by atomic mass is 16.2. The molecule has 1 unspecified atom stereocenters. The third-order valence-electron chi connectivity index (χ3n) is 3.23. The van der Waals surface area contributed by atoms with Crippen molar-refractivity contribution in [3.63, 3.8) is 0 Å². The third kappa shape index (κ3) is 3.90. The van der Waals surface area contributed by atoms with E-state index < -0.39 is 0 Å². The van der Waals surface area contributed by atoms with Gasteiger partial charge in [0.1, 0.15) is 0 Å². The molecule has 1 atom stereocenters. The van der Waals surface area contributed by atoms with Crippen LogP contribution in [0.15, 0.2) is 18.7 Å². The molecule has 114 valence electrons. The van der Waals surface area contributed by atoms with E-state index in [1.807, 2.05) is 32.9 Å². The summed E-state index contributed by atoms with van der Waals surface area (Å²) in [5.74, 6) is -0.840. The summed E-state index contributed by atoms with van der Waals surface area (Å²) in [7, 11) is 0. The van der Waals surface area contributed by atoms with E-state index in [9.17, 15) is 9.59 Å². The number of H-pyrrole nitrogens is 1. The number of aryl methyl sites for hydroxylation is 1. The molecule has 1 saturated heterocycles. The summed E-state index contributed by atoms with van der Waals surface area (Å²) >= 11 is 0. The van der Waals surface area contributed by atoms with Crippen LogP contribution in [0.5, 0.6) is 0 Å². The fraction of sp³-hybridized carbons (Fsp3) is 0.438. The largest absolute Gasteiger partial charge is 0.296 e. The molecule has 0 bridgehead atoms. The van der Waals surface area contributed by atoms with Gasteiger partial charge in [0.25, 0.3) is 0 Å².